The van der Waals surface area contributed by atoms with Crippen LogP contribution in [0.2, 0.25) is 0 Å². The van der Waals surface area contributed by atoms with Gasteiger partial charge >= 0.3 is 0 Å². The number of nitriles is 1. The van der Waals surface area contributed by atoms with E-state index in [-0.39, 0.29) is 33.7 Å². The van der Waals surface area contributed by atoms with Crippen molar-refractivity contribution < 1.29 is 14.3 Å². The van der Waals surface area contributed by atoms with E-state index in [1.807, 2.05) is 19.9 Å². The van der Waals surface area contributed by atoms with Crippen molar-refractivity contribution in [1.82, 2.24) is 14.0 Å². The summed E-state index contributed by atoms with van der Waals surface area (Å²) in [7, 11) is 0. The molecule has 0 saturated carbocycles. The number of pyridine rings is 2. The number of carbonyl (C=O) groups is 1. The quantitative estimate of drug-likeness (QED) is 0.403. The molecule has 0 radical (unpaired) electrons. The number of nitrogens with zero attached hydrogens (tertiary/aromatic N) is 5. The maximum absolute atomic E-state index is 13.4. The summed E-state index contributed by atoms with van der Waals surface area (Å²) in [4.78, 5) is 36.0. The molecular formula is C27H25N5O4. The van der Waals surface area contributed by atoms with E-state index in [0.29, 0.717) is 36.8 Å². The minimum Gasteiger partial charge on any atom is -0.493 e. The number of para-hydroxylation sites is 1. The topological polar surface area (TPSA) is 111 Å². The van der Waals surface area contributed by atoms with Gasteiger partial charge in [-0.2, -0.15) is 10.3 Å². The molecule has 9 nitrogen and oxygen atoms in total. The van der Waals surface area contributed by atoms with Gasteiger partial charge in [0.25, 0.3) is 11.5 Å². The molecule has 1 amide bonds. The van der Waals surface area contributed by atoms with Crippen molar-refractivity contribution >= 4 is 22.6 Å². The van der Waals surface area contributed by atoms with Gasteiger partial charge in [0.05, 0.1) is 35.8 Å². The highest BCUT2D eigenvalue weighted by Gasteiger charge is 2.22. The number of fused-ring (bicyclic) bond motifs is 2. The second kappa shape index (κ2) is 9.76. The largest absolute Gasteiger partial charge is 0.493 e. The molecule has 1 aliphatic rings. The molecule has 0 unspecified atom stereocenters. The summed E-state index contributed by atoms with van der Waals surface area (Å²) in [5.74, 6) is -0.138. The predicted octanol–water partition coefficient (Wildman–Crippen LogP) is 3.15. The van der Waals surface area contributed by atoms with Crippen LogP contribution < -0.4 is 15.8 Å². The zero-order valence-corrected chi connectivity index (χ0v) is 20.1. The average molecular weight is 484 g/mol. The maximum atomic E-state index is 13.4. The third-order valence-corrected chi connectivity index (χ3v) is 6.26. The Morgan fingerprint density at radius 1 is 1.28 bits per heavy atom. The Bertz CT molecular complexity index is 1660. The van der Waals surface area contributed by atoms with Gasteiger partial charge in [0.15, 0.2) is 5.49 Å². The third-order valence-electron chi connectivity index (χ3n) is 6.26. The normalized spacial score (nSPS) is 15.9. The minimum absolute atomic E-state index is 0.106. The number of hydrogen-bond donors (Lipinski definition) is 0. The molecule has 1 saturated heterocycles. The molecule has 1 atom stereocenters. The van der Waals surface area contributed by atoms with Gasteiger partial charge in [-0.25, -0.2) is 4.98 Å². The number of ether oxygens (including phenoxy) is 2. The monoisotopic (exact) mass is 483 g/mol. The average Bonchev–Trinajstić information content (AvgIpc) is 3.40. The lowest BCUT2D eigenvalue weighted by Crippen LogP contribution is -2.33. The van der Waals surface area contributed by atoms with Crippen LogP contribution in [-0.4, -0.2) is 39.2 Å². The molecule has 3 aromatic heterocycles. The van der Waals surface area contributed by atoms with Crippen LogP contribution in [0, 0.1) is 18.3 Å². The van der Waals surface area contributed by atoms with E-state index in [1.165, 1.54) is 10.5 Å². The minimum atomic E-state index is -0.551. The van der Waals surface area contributed by atoms with E-state index in [1.54, 1.807) is 41.1 Å². The molecule has 4 aromatic rings. The molecule has 9 heteroatoms. The number of aryl methyl sites for hydroxylation is 1. The summed E-state index contributed by atoms with van der Waals surface area (Å²) < 4.78 is 14.6. The first-order valence-electron chi connectivity index (χ1n) is 11.9. The van der Waals surface area contributed by atoms with Gasteiger partial charge < -0.3 is 14.0 Å². The van der Waals surface area contributed by atoms with E-state index < -0.39 is 5.91 Å². The van der Waals surface area contributed by atoms with Gasteiger partial charge in [0, 0.05) is 12.8 Å². The van der Waals surface area contributed by atoms with Crippen LogP contribution in [0.25, 0.3) is 16.7 Å². The number of rotatable bonds is 5. The highest BCUT2D eigenvalue weighted by molar-refractivity contribution is 5.97. The molecule has 5 rings (SSSR count). The van der Waals surface area contributed by atoms with Crippen molar-refractivity contribution in [3.63, 3.8) is 0 Å². The number of aromatic nitrogens is 3. The van der Waals surface area contributed by atoms with Crippen LogP contribution in [0.3, 0.4) is 0 Å². The Hall–Kier alpha value is -4.29. The Labute approximate surface area is 206 Å². The number of carbonyl (C=O) groups excluding carboxylic acids is 1. The van der Waals surface area contributed by atoms with Gasteiger partial charge in [-0.3, -0.25) is 14.0 Å². The molecule has 0 bridgehead atoms. The van der Waals surface area contributed by atoms with Crippen LogP contribution in [0.4, 0.5) is 0 Å². The van der Waals surface area contributed by atoms with Gasteiger partial charge in [0.1, 0.15) is 23.1 Å². The van der Waals surface area contributed by atoms with Crippen molar-refractivity contribution in [3.8, 4) is 11.8 Å². The lowest BCUT2D eigenvalue weighted by molar-refractivity contribution is 0.0951. The van der Waals surface area contributed by atoms with E-state index in [2.05, 4.69) is 11.1 Å². The highest BCUT2D eigenvalue weighted by Crippen LogP contribution is 2.20. The van der Waals surface area contributed by atoms with Crippen LogP contribution in [0.1, 0.15) is 41.3 Å². The number of hydrogen-bond acceptors (Lipinski definition) is 6. The fourth-order valence-electron chi connectivity index (χ4n) is 4.54. The Morgan fingerprint density at radius 3 is 2.86 bits per heavy atom. The fourth-order valence-corrected chi connectivity index (χ4v) is 4.54. The molecule has 1 fully saturated rings. The van der Waals surface area contributed by atoms with Crippen molar-refractivity contribution in [2.45, 2.75) is 39.3 Å². The summed E-state index contributed by atoms with van der Waals surface area (Å²) in [6.45, 7) is 5.04. The molecule has 1 aliphatic heterocycles. The molecule has 182 valence electrons. The van der Waals surface area contributed by atoms with Crippen molar-refractivity contribution in [3.05, 3.63) is 81.2 Å². The number of amides is 1. The van der Waals surface area contributed by atoms with Gasteiger partial charge in [-0.05, 0) is 56.5 Å². The molecule has 4 heterocycles. The Morgan fingerprint density at radius 2 is 2.11 bits per heavy atom. The van der Waals surface area contributed by atoms with Crippen LogP contribution in [0.5, 0.6) is 5.75 Å². The third kappa shape index (κ3) is 4.16. The van der Waals surface area contributed by atoms with Crippen molar-refractivity contribution in [1.29, 1.82) is 5.26 Å². The van der Waals surface area contributed by atoms with E-state index in [9.17, 15) is 14.9 Å². The lowest BCUT2D eigenvalue weighted by atomic mass is 10.1. The van der Waals surface area contributed by atoms with Crippen LogP contribution in [-0.2, 0) is 11.3 Å². The second-order valence-electron chi connectivity index (χ2n) is 8.62. The molecule has 0 aliphatic carbocycles. The Balaban J connectivity index is 1.83. The SMILES string of the molecule is CCOc1ccccc1C(=O)N=c1c(C#N)cc2c(=O)n3cccc(C)c3nc2n1C[C@H]1CCCO1. The van der Waals surface area contributed by atoms with Crippen LogP contribution in [0.15, 0.2) is 58.4 Å². The zero-order valence-electron chi connectivity index (χ0n) is 20.1. The van der Waals surface area contributed by atoms with Crippen LogP contribution >= 0.6 is 0 Å². The molecular weight excluding hydrogens is 458 g/mol. The summed E-state index contributed by atoms with van der Waals surface area (Å²) in [6, 6.07) is 14.1. The van der Waals surface area contributed by atoms with Gasteiger partial charge in [-0.1, -0.05) is 18.2 Å². The molecule has 1 aromatic carbocycles. The summed E-state index contributed by atoms with van der Waals surface area (Å²) in [5.41, 5.74) is 1.92. The smallest absolute Gasteiger partial charge is 0.282 e. The highest BCUT2D eigenvalue weighted by atomic mass is 16.5. The first-order valence-corrected chi connectivity index (χ1v) is 11.9. The van der Waals surface area contributed by atoms with Gasteiger partial charge in [0.2, 0.25) is 0 Å². The van der Waals surface area contributed by atoms with E-state index >= 15 is 0 Å². The molecule has 0 spiro atoms. The standard InChI is InChI=1S/C27H25N5O4/c1-3-35-22-11-5-4-10-20(22)26(33)30-24-18(15-28)14-21-25(32(24)16-19-9-7-13-36-19)29-23-17(2)8-6-12-31(23)27(21)34/h4-6,8,10-12,14,19H,3,7,9,13,16H2,1-2H3/t19-/m1/s1. The molecule has 0 N–H and O–H groups in total. The summed E-state index contributed by atoms with van der Waals surface area (Å²) in [6.07, 6.45) is 3.23. The number of benzene rings is 1. The first kappa shape index (κ1) is 23.5. The maximum Gasteiger partial charge on any atom is 0.282 e. The Kier molecular flexibility index (Phi) is 6.36. The lowest BCUT2D eigenvalue weighted by Gasteiger charge is -2.17. The fraction of sp³-hybridized carbons (Fsp3) is 0.296. The zero-order chi connectivity index (χ0) is 25.2. The molecule has 36 heavy (non-hydrogen) atoms. The van der Waals surface area contributed by atoms with E-state index in [0.717, 1.165) is 18.4 Å². The van der Waals surface area contributed by atoms with Crippen molar-refractivity contribution in [2.24, 2.45) is 4.99 Å². The summed E-state index contributed by atoms with van der Waals surface area (Å²) in [5, 5.41) is 10.3. The van der Waals surface area contributed by atoms with E-state index in [4.69, 9.17) is 14.5 Å². The predicted molar refractivity (Wildman–Crippen MR) is 133 cm³/mol. The summed E-state index contributed by atoms with van der Waals surface area (Å²) >= 11 is 0. The first-order chi connectivity index (χ1) is 17.5. The second-order valence-corrected chi connectivity index (χ2v) is 8.62. The van der Waals surface area contributed by atoms with Crippen molar-refractivity contribution in [2.75, 3.05) is 13.2 Å². The van der Waals surface area contributed by atoms with Gasteiger partial charge in [-0.15, -0.1) is 0 Å².